The number of amides is 2. The smallest absolute Gasteiger partial charge is 0.311 e. The number of carboxylic acid groups (broad SMARTS) is 1. The van der Waals surface area contributed by atoms with Gasteiger partial charge in [0.05, 0.1) is 11.0 Å². The van der Waals surface area contributed by atoms with Gasteiger partial charge in [-0.25, -0.2) is 0 Å². The minimum Gasteiger partial charge on any atom is -0.481 e. The van der Waals surface area contributed by atoms with Gasteiger partial charge in [0.15, 0.2) is 0 Å². The van der Waals surface area contributed by atoms with Gasteiger partial charge in [0, 0.05) is 36.6 Å². The van der Waals surface area contributed by atoms with Crippen LogP contribution >= 0.6 is 0 Å². The Labute approximate surface area is 212 Å². The maximum Gasteiger partial charge on any atom is 0.311 e. The van der Waals surface area contributed by atoms with E-state index in [2.05, 4.69) is 16.0 Å². The van der Waals surface area contributed by atoms with Gasteiger partial charge in [-0.3, -0.25) is 14.4 Å². The van der Waals surface area contributed by atoms with Crippen molar-refractivity contribution in [2.45, 2.75) is 51.1 Å². The first-order valence-electron chi connectivity index (χ1n) is 12.8. The lowest BCUT2D eigenvalue weighted by atomic mass is 9.75. The zero-order valence-corrected chi connectivity index (χ0v) is 20.7. The molecule has 1 aromatic heterocycles. The van der Waals surface area contributed by atoms with Gasteiger partial charge < -0.3 is 26.0 Å². The van der Waals surface area contributed by atoms with Crippen molar-refractivity contribution in [2.75, 3.05) is 13.1 Å². The van der Waals surface area contributed by atoms with Crippen molar-refractivity contribution in [3.63, 3.8) is 0 Å². The van der Waals surface area contributed by atoms with Gasteiger partial charge in [-0.05, 0) is 50.3 Å². The molecule has 2 amide bonds. The van der Waals surface area contributed by atoms with Crippen molar-refractivity contribution in [1.29, 1.82) is 0 Å². The topological polar surface area (TPSA) is 129 Å². The zero-order chi connectivity index (χ0) is 26.6. The maximum absolute atomic E-state index is 13.9. The van der Waals surface area contributed by atoms with E-state index in [9.17, 15) is 19.5 Å². The number of likely N-dealkylation sites (tertiary alicyclic amines) is 1. The lowest BCUT2D eigenvalue weighted by molar-refractivity contribution is -0.155. The van der Waals surface area contributed by atoms with Crippen molar-refractivity contribution < 1.29 is 20.9 Å². The van der Waals surface area contributed by atoms with E-state index in [0.29, 0.717) is 25.8 Å². The van der Waals surface area contributed by atoms with Crippen LogP contribution in [0.4, 0.5) is 0 Å². The number of carboxylic acids is 1. The molecule has 8 nitrogen and oxygen atoms in total. The first-order chi connectivity index (χ1) is 17.6. The highest BCUT2D eigenvalue weighted by molar-refractivity contribution is 5.93. The Bertz CT molecular complexity index is 1280. The number of nitrogens with zero attached hydrogens (tertiary/aromatic N) is 1. The lowest BCUT2D eigenvalue weighted by Crippen LogP contribution is -2.59. The number of fused-ring (bicyclic) bond motifs is 1. The molecule has 190 valence electrons. The van der Waals surface area contributed by atoms with Gasteiger partial charge in [0.25, 0.3) is 0 Å². The number of para-hydroxylation sites is 1. The van der Waals surface area contributed by atoms with E-state index in [-0.39, 0.29) is 18.9 Å². The number of nitrogens with one attached hydrogen (secondary N) is 2. The Morgan fingerprint density at radius 3 is 2.64 bits per heavy atom. The third-order valence-corrected chi connectivity index (χ3v) is 7.00. The number of H-pyrrole nitrogens is 1. The van der Waals surface area contributed by atoms with E-state index in [4.69, 9.17) is 1.41 Å². The molecule has 0 saturated carbocycles. The van der Waals surface area contributed by atoms with Crippen LogP contribution in [0.2, 0.25) is 1.41 Å². The highest BCUT2D eigenvalue weighted by Crippen LogP contribution is 2.35. The van der Waals surface area contributed by atoms with Gasteiger partial charge in [0.1, 0.15) is 7.45 Å². The van der Waals surface area contributed by atoms with Crippen LogP contribution in [-0.4, -0.2) is 57.4 Å². The Morgan fingerprint density at radius 2 is 1.92 bits per heavy atom. The normalized spacial score (nSPS) is 19.5. The van der Waals surface area contributed by atoms with Crippen LogP contribution in [0.1, 0.15) is 37.8 Å². The van der Waals surface area contributed by atoms with Crippen molar-refractivity contribution in [3.8, 4) is 0 Å². The van der Waals surface area contributed by atoms with Gasteiger partial charge >= 0.3 is 5.97 Å². The number of carbonyl (C=O) groups excluding carboxylic acids is 2. The minimum atomic E-state index is -1.21. The number of aromatic amines is 1. The summed E-state index contributed by atoms with van der Waals surface area (Å²) in [5.74, 6) is -1.73. The fourth-order valence-electron chi connectivity index (χ4n) is 4.98. The Hall–Kier alpha value is -3.65. The molecule has 2 heterocycles. The third-order valence-electron chi connectivity index (χ3n) is 7.00. The fraction of sp³-hybridized carbons (Fsp3) is 0.393. The molecule has 0 aliphatic carbocycles. The lowest BCUT2D eigenvalue weighted by Gasteiger charge is -2.41. The van der Waals surface area contributed by atoms with Gasteiger partial charge in [-0.1, -0.05) is 48.5 Å². The van der Waals surface area contributed by atoms with E-state index in [0.717, 1.165) is 22.0 Å². The SMILES string of the molecule is [2H]NC(C)(C)C(=O)N[C@H](Cc1c[nH]c2ccccc12)C(=O)N1CCC[C@](Cc2ccccc2)(C(=O)O)C1. The highest BCUT2D eigenvalue weighted by atomic mass is 16.4. The van der Waals surface area contributed by atoms with Gasteiger partial charge in [0.2, 0.25) is 11.8 Å². The molecule has 8 heteroatoms. The summed E-state index contributed by atoms with van der Waals surface area (Å²) in [4.78, 5) is 44.2. The second-order valence-electron chi connectivity index (χ2n) is 10.3. The van der Waals surface area contributed by atoms with Gasteiger partial charge in [-0.2, -0.15) is 0 Å². The van der Waals surface area contributed by atoms with E-state index >= 15 is 0 Å². The van der Waals surface area contributed by atoms with Crippen molar-refractivity contribution in [2.24, 2.45) is 11.1 Å². The van der Waals surface area contributed by atoms with Crippen LogP contribution in [0.25, 0.3) is 10.9 Å². The number of aliphatic carboxylic acids is 1. The van der Waals surface area contributed by atoms with E-state index in [1.54, 1.807) is 18.7 Å². The second kappa shape index (κ2) is 10.1. The summed E-state index contributed by atoms with van der Waals surface area (Å²) < 4.78 is 7.52. The number of rotatable bonds is 9. The van der Waals surface area contributed by atoms with Crippen LogP contribution in [0.3, 0.4) is 0 Å². The number of nitrogens with two attached hydrogens (primary N) is 1. The predicted octanol–water partition coefficient (Wildman–Crippen LogP) is 2.87. The molecule has 2 atom stereocenters. The first-order valence-corrected chi connectivity index (χ1v) is 12.3. The number of aromatic nitrogens is 1. The van der Waals surface area contributed by atoms with E-state index < -0.39 is 28.9 Å². The average molecular weight is 492 g/mol. The van der Waals surface area contributed by atoms with Crippen LogP contribution in [0.5, 0.6) is 0 Å². The third kappa shape index (κ3) is 5.44. The molecule has 5 N–H and O–H groups in total. The molecule has 36 heavy (non-hydrogen) atoms. The van der Waals surface area contributed by atoms with Gasteiger partial charge in [-0.15, -0.1) is 0 Å². The van der Waals surface area contributed by atoms with Crippen LogP contribution in [0.15, 0.2) is 60.8 Å². The molecule has 1 saturated heterocycles. The highest BCUT2D eigenvalue weighted by Gasteiger charge is 2.45. The van der Waals surface area contributed by atoms with Crippen LogP contribution < -0.4 is 11.0 Å². The molecule has 1 fully saturated rings. The number of hydrogen-bond acceptors (Lipinski definition) is 4. The van der Waals surface area contributed by atoms with E-state index in [1.807, 2.05) is 60.8 Å². The standard InChI is InChI=1S/C28H34N4O4/c1-27(2,29)25(34)31-23(15-20-17-30-22-12-7-6-11-21(20)22)24(33)32-14-8-13-28(18-32,26(35)36)16-19-9-4-3-5-10-19/h3-7,9-12,17,23,30H,8,13-16,18,29H2,1-2H3,(H,31,34)(H,35,36)/t23-,28-/m1/s1/i/hD. The average Bonchev–Trinajstić information content (AvgIpc) is 3.31. The monoisotopic (exact) mass is 491 g/mol. The summed E-state index contributed by atoms with van der Waals surface area (Å²) in [6.07, 6.45) is 3.41. The number of hydrogen-bond donors (Lipinski definition) is 4. The number of carbonyl (C=O) groups is 3. The molecule has 0 spiro atoms. The molecule has 0 unspecified atom stereocenters. The summed E-state index contributed by atoms with van der Waals surface area (Å²) in [5.41, 5.74) is 2.63. The summed E-state index contributed by atoms with van der Waals surface area (Å²) in [7, 11) is 0. The first kappa shape index (κ1) is 24.1. The van der Waals surface area contributed by atoms with E-state index in [1.165, 1.54) is 0 Å². The number of piperidine rings is 1. The molecule has 4 rings (SSSR count). The predicted molar refractivity (Wildman–Crippen MR) is 138 cm³/mol. The molecular weight excluding hydrogens is 456 g/mol. The maximum atomic E-state index is 13.9. The molecule has 2 aromatic carbocycles. The molecule has 0 bridgehead atoms. The summed E-state index contributed by atoms with van der Waals surface area (Å²) >= 11 is 0. The van der Waals surface area contributed by atoms with Crippen LogP contribution in [-0.2, 0) is 27.2 Å². The zero-order valence-electron chi connectivity index (χ0n) is 21.7. The molecular formula is C28H34N4O4. The molecule has 1 aliphatic rings. The Morgan fingerprint density at radius 1 is 1.19 bits per heavy atom. The summed E-state index contributed by atoms with van der Waals surface area (Å²) in [6.45, 7) is 3.62. The Kier molecular flexibility index (Phi) is 6.78. The van der Waals surface area contributed by atoms with Crippen molar-refractivity contribution in [1.82, 2.24) is 15.2 Å². The summed E-state index contributed by atoms with van der Waals surface area (Å²) in [5, 5.41) is 14.1. The quantitative estimate of drug-likeness (QED) is 0.366. The molecule has 3 aromatic rings. The molecule has 1 aliphatic heterocycles. The second-order valence-corrected chi connectivity index (χ2v) is 10.3. The number of benzene rings is 2. The minimum absolute atomic E-state index is 0.0659. The summed E-state index contributed by atoms with van der Waals surface area (Å²) in [6, 6.07) is 16.3. The van der Waals surface area contributed by atoms with Crippen LogP contribution in [0, 0.1) is 5.41 Å². The largest absolute Gasteiger partial charge is 0.481 e. The molecule has 0 radical (unpaired) electrons. The van der Waals surface area contributed by atoms with Crippen molar-refractivity contribution in [3.05, 3.63) is 71.9 Å². The Balaban J connectivity index is 1.62. The van der Waals surface area contributed by atoms with Crippen molar-refractivity contribution >= 4 is 28.7 Å². The fourth-order valence-corrected chi connectivity index (χ4v) is 4.98.